The van der Waals surface area contributed by atoms with Crippen molar-refractivity contribution >= 4 is 34.1 Å². The van der Waals surface area contributed by atoms with Crippen LogP contribution < -0.4 is 9.80 Å². The molecule has 0 bridgehead atoms. The predicted octanol–water partition coefficient (Wildman–Crippen LogP) is 13.0. The largest absolute Gasteiger partial charge is 0.310 e. The van der Waals surface area contributed by atoms with Crippen LogP contribution in [-0.4, -0.2) is 0 Å². The third-order valence-corrected chi connectivity index (χ3v) is 10.1. The minimum absolute atomic E-state index is 0.480. The number of hydrogen-bond donors (Lipinski definition) is 0. The molecular formula is C49H36N2. The molecule has 0 aromatic heterocycles. The van der Waals surface area contributed by atoms with E-state index in [9.17, 15) is 0 Å². The van der Waals surface area contributed by atoms with Gasteiger partial charge >= 0.3 is 0 Å². The van der Waals surface area contributed by atoms with Gasteiger partial charge in [0.15, 0.2) is 0 Å². The van der Waals surface area contributed by atoms with E-state index in [1.165, 1.54) is 33.4 Å². The van der Waals surface area contributed by atoms with Crippen molar-refractivity contribution in [2.24, 2.45) is 0 Å². The molecule has 0 spiro atoms. The zero-order valence-corrected chi connectivity index (χ0v) is 28.2. The van der Waals surface area contributed by atoms with E-state index in [1.54, 1.807) is 0 Å². The van der Waals surface area contributed by atoms with Crippen molar-refractivity contribution < 1.29 is 0 Å². The molecule has 2 nitrogen and oxygen atoms in total. The Balaban J connectivity index is 1.27. The number of benzene rings is 8. The van der Waals surface area contributed by atoms with Crippen LogP contribution >= 0.6 is 0 Å². The van der Waals surface area contributed by atoms with Gasteiger partial charge < -0.3 is 9.80 Å². The van der Waals surface area contributed by atoms with Crippen LogP contribution in [0, 0.1) is 0 Å². The lowest BCUT2D eigenvalue weighted by Gasteiger charge is -2.35. The summed E-state index contributed by atoms with van der Waals surface area (Å²) in [5, 5.41) is 0. The number of nitrogens with zero attached hydrogens (tertiary/aromatic N) is 2. The van der Waals surface area contributed by atoms with E-state index in [1.807, 2.05) is 0 Å². The molecule has 242 valence electrons. The molecule has 1 aliphatic rings. The molecule has 0 heterocycles. The summed E-state index contributed by atoms with van der Waals surface area (Å²) in [5.41, 5.74) is 13.8. The van der Waals surface area contributed by atoms with E-state index < -0.39 is 5.41 Å². The first-order chi connectivity index (χ1) is 25.3. The molecule has 0 radical (unpaired) electrons. The number of para-hydroxylation sites is 3. The summed E-state index contributed by atoms with van der Waals surface area (Å²) in [6.45, 7) is 0. The molecule has 8 aromatic rings. The van der Waals surface area contributed by atoms with Gasteiger partial charge in [0.1, 0.15) is 0 Å². The second kappa shape index (κ2) is 13.0. The minimum atomic E-state index is -0.480. The molecule has 51 heavy (non-hydrogen) atoms. The molecule has 2 heteroatoms. The Morgan fingerprint density at radius 2 is 0.627 bits per heavy atom. The van der Waals surface area contributed by atoms with Crippen LogP contribution in [0.3, 0.4) is 0 Å². The Kier molecular flexibility index (Phi) is 7.75. The lowest BCUT2D eigenvalue weighted by atomic mass is 9.67. The lowest BCUT2D eigenvalue weighted by molar-refractivity contribution is 0.768. The van der Waals surface area contributed by atoms with Gasteiger partial charge in [0, 0.05) is 34.1 Å². The number of fused-ring (bicyclic) bond motifs is 3. The zero-order valence-electron chi connectivity index (χ0n) is 28.2. The van der Waals surface area contributed by atoms with Gasteiger partial charge in [0.2, 0.25) is 0 Å². The van der Waals surface area contributed by atoms with Gasteiger partial charge in [-0.3, -0.25) is 0 Å². The van der Waals surface area contributed by atoms with Gasteiger partial charge in [-0.25, -0.2) is 0 Å². The SMILES string of the molecule is c1ccc(N(c2ccccc2)c2cccc(N(c3ccccc3)c3ccc4c(c3)C(c3ccccc3)(c3ccccc3)c3ccccc3-4)c2)cc1. The molecule has 0 amide bonds. The molecule has 0 atom stereocenters. The van der Waals surface area contributed by atoms with E-state index in [2.05, 4.69) is 228 Å². The van der Waals surface area contributed by atoms with Crippen molar-refractivity contribution in [3.8, 4) is 11.1 Å². The van der Waals surface area contributed by atoms with Gasteiger partial charge in [-0.1, -0.05) is 152 Å². The van der Waals surface area contributed by atoms with Crippen LogP contribution in [0.25, 0.3) is 11.1 Å². The summed E-state index contributed by atoms with van der Waals surface area (Å²) in [4.78, 5) is 4.71. The molecule has 1 aliphatic carbocycles. The number of anilines is 6. The Morgan fingerprint density at radius 3 is 1.14 bits per heavy atom. The van der Waals surface area contributed by atoms with Gasteiger partial charge in [-0.2, -0.15) is 0 Å². The average molecular weight is 653 g/mol. The zero-order chi connectivity index (χ0) is 34.0. The Morgan fingerprint density at radius 1 is 0.255 bits per heavy atom. The van der Waals surface area contributed by atoms with Crippen molar-refractivity contribution in [1.29, 1.82) is 0 Å². The average Bonchev–Trinajstić information content (AvgIpc) is 3.51. The van der Waals surface area contributed by atoms with Crippen molar-refractivity contribution in [3.63, 3.8) is 0 Å². The molecule has 0 unspecified atom stereocenters. The molecule has 0 aliphatic heterocycles. The fourth-order valence-corrected chi connectivity index (χ4v) is 7.97. The molecule has 0 fully saturated rings. The third-order valence-electron chi connectivity index (χ3n) is 10.1. The molecule has 0 N–H and O–H groups in total. The van der Waals surface area contributed by atoms with Crippen LogP contribution in [0.5, 0.6) is 0 Å². The van der Waals surface area contributed by atoms with Crippen LogP contribution in [0.2, 0.25) is 0 Å². The van der Waals surface area contributed by atoms with Crippen molar-refractivity contribution in [2.75, 3.05) is 9.80 Å². The first-order valence-electron chi connectivity index (χ1n) is 17.5. The summed E-state index contributed by atoms with van der Waals surface area (Å²) in [7, 11) is 0. The maximum absolute atomic E-state index is 2.43. The predicted molar refractivity (Wildman–Crippen MR) is 213 cm³/mol. The van der Waals surface area contributed by atoms with Crippen LogP contribution in [-0.2, 0) is 5.41 Å². The van der Waals surface area contributed by atoms with Crippen LogP contribution in [0.4, 0.5) is 34.1 Å². The summed E-state index contributed by atoms with van der Waals surface area (Å²) >= 11 is 0. The lowest BCUT2D eigenvalue weighted by Crippen LogP contribution is -2.28. The van der Waals surface area contributed by atoms with Gasteiger partial charge in [0.25, 0.3) is 0 Å². The number of hydrogen-bond acceptors (Lipinski definition) is 2. The summed E-state index contributed by atoms with van der Waals surface area (Å²) < 4.78 is 0. The van der Waals surface area contributed by atoms with Crippen molar-refractivity contribution in [2.45, 2.75) is 5.41 Å². The highest BCUT2D eigenvalue weighted by molar-refractivity contribution is 5.90. The standard InChI is InChI=1S/C49H36N2/c1-6-19-37(20-7-1)49(38-21-8-2-9-22-38)47-32-17-16-31-45(47)46-34-33-44(36-48(46)49)51(41-27-14-5-15-28-41)43-30-18-29-42(35-43)50(39-23-10-3-11-24-39)40-25-12-4-13-26-40/h1-36H. The van der Waals surface area contributed by atoms with Crippen molar-refractivity contribution in [1.82, 2.24) is 0 Å². The Hall–Kier alpha value is -6.64. The van der Waals surface area contributed by atoms with Gasteiger partial charge in [0.05, 0.1) is 5.41 Å². The first-order valence-corrected chi connectivity index (χ1v) is 17.5. The topological polar surface area (TPSA) is 6.48 Å². The molecule has 0 saturated heterocycles. The molecule has 0 saturated carbocycles. The van der Waals surface area contributed by atoms with Crippen molar-refractivity contribution in [3.05, 3.63) is 241 Å². The molecule has 8 aromatic carbocycles. The maximum Gasteiger partial charge on any atom is 0.0714 e. The quantitative estimate of drug-likeness (QED) is 0.161. The Labute approximate surface area is 300 Å². The van der Waals surface area contributed by atoms with E-state index in [-0.39, 0.29) is 0 Å². The summed E-state index contributed by atoms with van der Waals surface area (Å²) in [6, 6.07) is 78.8. The number of rotatable bonds is 8. The van der Waals surface area contributed by atoms with E-state index in [0.29, 0.717) is 0 Å². The molecular weight excluding hydrogens is 617 g/mol. The van der Waals surface area contributed by atoms with Gasteiger partial charge in [-0.05, 0) is 100 Å². The highest BCUT2D eigenvalue weighted by Crippen LogP contribution is 2.57. The van der Waals surface area contributed by atoms with E-state index in [0.717, 1.165) is 34.1 Å². The minimum Gasteiger partial charge on any atom is -0.310 e. The summed E-state index contributed by atoms with van der Waals surface area (Å²) in [6.07, 6.45) is 0. The third kappa shape index (κ3) is 5.21. The highest BCUT2D eigenvalue weighted by atomic mass is 15.2. The van der Waals surface area contributed by atoms with E-state index in [4.69, 9.17) is 0 Å². The van der Waals surface area contributed by atoms with E-state index >= 15 is 0 Å². The maximum atomic E-state index is 2.43. The highest BCUT2D eigenvalue weighted by Gasteiger charge is 2.46. The van der Waals surface area contributed by atoms with Gasteiger partial charge in [-0.15, -0.1) is 0 Å². The Bertz CT molecular complexity index is 2330. The first kappa shape index (κ1) is 30.4. The fraction of sp³-hybridized carbons (Fsp3) is 0.0204. The van der Waals surface area contributed by atoms with Crippen LogP contribution in [0.1, 0.15) is 22.3 Å². The van der Waals surface area contributed by atoms with Crippen LogP contribution in [0.15, 0.2) is 218 Å². The monoisotopic (exact) mass is 652 g/mol. The normalized spacial score (nSPS) is 12.5. The molecule has 9 rings (SSSR count). The second-order valence-corrected chi connectivity index (χ2v) is 13.0. The summed E-state index contributed by atoms with van der Waals surface area (Å²) in [5.74, 6) is 0. The smallest absolute Gasteiger partial charge is 0.0714 e. The second-order valence-electron chi connectivity index (χ2n) is 13.0. The fourth-order valence-electron chi connectivity index (χ4n) is 7.97.